The predicted octanol–water partition coefficient (Wildman–Crippen LogP) is 2.88. The van der Waals surface area contributed by atoms with Crippen molar-refractivity contribution in [2.45, 2.75) is 12.7 Å². The van der Waals surface area contributed by atoms with Gasteiger partial charge in [-0.25, -0.2) is 4.68 Å². The number of rotatable bonds is 3. The van der Waals surface area contributed by atoms with Crippen LogP contribution in [-0.2, 0) is 19.8 Å². The summed E-state index contributed by atoms with van der Waals surface area (Å²) in [6.07, 6.45) is -4.45. The maximum absolute atomic E-state index is 12.6. The number of hydrogen-bond acceptors (Lipinski definition) is 3. The van der Waals surface area contributed by atoms with Crippen LogP contribution >= 0.6 is 0 Å². The van der Waals surface area contributed by atoms with E-state index in [-0.39, 0.29) is 17.7 Å². The zero-order valence-corrected chi connectivity index (χ0v) is 13.7. The Labute approximate surface area is 146 Å². The van der Waals surface area contributed by atoms with Crippen LogP contribution in [0.4, 0.5) is 13.2 Å². The highest BCUT2D eigenvalue weighted by Gasteiger charge is 2.30. The Morgan fingerprint density at radius 3 is 2.31 bits per heavy atom. The zero-order valence-electron chi connectivity index (χ0n) is 13.7. The summed E-state index contributed by atoms with van der Waals surface area (Å²) in [7, 11) is 1.51. The largest absolute Gasteiger partial charge is 0.416 e. The van der Waals surface area contributed by atoms with Crippen LogP contribution in [0.15, 0.2) is 53.3 Å². The first-order chi connectivity index (χ1) is 12.3. The molecule has 1 N–H and O–H groups in total. The summed E-state index contributed by atoms with van der Waals surface area (Å²) in [5.74, 6) is -0.529. The fraction of sp³-hybridized carbons (Fsp3) is 0.167. The van der Waals surface area contributed by atoms with Crippen LogP contribution in [-0.4, -0.2) is 15.7 Å². The molecule has 0 fully saturated rings. The molecule has 0 spiro atoms. The van der Waals surface area contributed by atoms with Gasteiger partial charge in [-0.15, -0.1) is 0 Å². The lowest BCUT2D eigenvalue weighted by atomic mass is 10.1. The summed E-state index contributed by atoms with van der Waals surface area (Å²) >= 11 is 0. The van der Waals surface area contributed by atoms with Crippen molar-refractivity contribution in [2.24, 2.45) is 7.05 Å². The lowest BCUT2D eigenvalue weighted by molar-refractivity contribution is -0.137. The summed E-state index contributed by atoms with van der Waals surface area (Å²) in [5.41, 5.74) is -0.478. The molecular formula is C18H14F3N3O2. The number of hydrogen-bond donors (Lipinski definition) is 1. The Balaban J connectivity index is 1.81. The SMILES string of the molecule is Cn1nc(CNC(=O)c2ccc(C(F)(F)F)cc2)c2ccccc2c1=O. The number of carbonyl (C=O) groups excluding carboxylic acids is 1. The van der Waals surface area contributed by atoms with Gasteiger partial charge in [0.05, 0.1) is 23.2 Å². The van der Waals surface area contributed by atoms with Gasteiger partial charge in [-0.2, -0.15) is 18.3 Å². The van der Waals surface area contributed by atoms with Crippen LogP contribution < -0.4 is 10.9 Å². The van der Waals surface area contributed by atoms with Crippen LogP contribution in [0.5, 0.6) is 0 Å². The highest BCUT2D eigenvalue weighted by Crippen LogP contribution is 2.29. The summed E-state index contributed by atoms with van der Waals surface area (Å²) in [6.45, 7) is 0.0362. The number of nitrogens with zero attached hydrogens (tertiary/aromatic N) is 2. The molecule has 8 heteroatoms. The molecule has 26 heavy (non-hydrogen) atoms. The van der Waals surface area contributed by atoms with Crippen molar-refractivity contribution in [1.29, 1.82) is 0 Å². The first-order valence-corrected chi connectivity index (χ1v) is 7.68. The average molecular weight is 361 g/mol. The van der Waals surface area contributed by atoms with Crippen molar-refractivity contribution in [1.82, 2.24) is 15.1 Å². The van der Waals surface area contributed by atoms with Crippen LogP contribution in [0.2, 0.25) is 0 Å². The fourth-order valence-electron chi connectivity index (χ4n) is 2.58. The number of benzene rings is 2. The molecule has 0 atom stereocenters. The van der Waals surface area contributed by atoms with Gasteiger partial charge in [-0.3, -0.25) is 9.59 Å². The van der Waals surface area contributed by atoms with Crippen molar-refractivity contribution in [3.05, 3.63) is 75.7 Å². The number of carbonyl (C=O) groups is 1. The van der Waals surface area contributed by atoms with Crippen molar-refractivity contribution in [3.8, 4) is 0 Å². The van der Waals surface area contributed by atoms with Gasteiger partial charge >= 0.3 is 6.18 Å². The Morgan fingerprint density at radius 2 is 1.69 bits per heavy atom. The molecule has 0 aliphatic rings. The van der Waals surface area contributed by atoms with E-state index < -0.39 is 17.6 Å². The molecule has 1 amide bonds. The third-order valence-corrected chi connectivity index (χ3v) is 3.92. The van der Waals surface area contributed by atoms with E-state index in [1.54, 1.807) is 24.3 Å². The molecule has 5 nitrogen and oxygen atoms in total. The highest BCUT2D eigenvalue weighted by molar-refractivity contribution is 5.94. The molecule has 0 saturated carbocycles. The molecule has 0 radical (unpaired) electrons. The average Bonchev–Trinajstić information content (AvgIpc) is 2.62. The maximum atomic E-state index is 12.6. The van der Waals surface area contributed by atoms with Gasteiger partial charge in [0, 0.05) is 18.0 Å². The van der Waals surface area contributed by atoms with Crippen molar-refractivity contribution < 1.29 is 18.0 Å². The number of aryl methyl sites for hydroxylation is 1. The minimum atomic E-state index is -4.45. The Bertz CT molecular complexity index is 1020. The first-order valence-electron chi connectivity index (χ1n) is 7.68. The van der Waals surface area contributed by atoms with Crippen LogP contribution in [0.1, 0.15) is 21.6 Å². The summed E-state index contributed by atoms with van der Waals surface area (Å²) in [6, 6.07) is 10.8. The molecule has 0 bridgehead atoms. The molecule has 3 aromatic rings. The normalized spacial score (nSPS) is 11.5. The summed E-state index contributed by atoms with van der Waals surface area (Å²) in [5, 5.41) is 7.86. The van der Waals surface area contributed by atoms with E-state index >= 15 is 0 Å². The maximum Gasteiger partial charge on any atom is 0.416 e. The lowest BCUT2D eigenvalue weighted by Crippen LogP contribution is -2.27. The minimum absolute atomic E-state index is 0.0362. The van der Waals surface area contributed by atoms with Gasteiger partial charge < -0.3 is 5.32 Å². The number of alkyl halides is 3. The van der Waals surface area contributed by atoms with Crippen LogP contribution in [0.25, 0.3) is 10.8 Å². The molecule has 2 aromatic carbocycles. The van der Waals surface area contributed by atoms with Gasteiger partial charge in [0.2, 0.25) is 0 Å². The van der Waals surface area contributed by atoms with Gasteiger partial charge in [-0.05, 0) is 30.3 Å². The molecule has 1 aromatic heterocycles. The fourth-order valence-corrected chi connectivity index (χ4v) is 2.58. The quantitative estimate of drug-likeness (QED) is 0.780. The van der Waals surface area contributed by atoms with E-state index in [0.29, 0.717) is 16.5 Å². The molecule has 0 saturated heterocycles. The third-order valence-electron chi connectivity index (χ3n) is 3.92. The Morgan fingerprint density at radius 1 is 1.08 bits per heavy atom. The minimum Gasteiger partial charge on any atom is -0.346 e. The third kappa shape index (κ3) is 3.44. The number of fused-ring (bicyclic) bond motifs is 1. The van der Waals surface area contributed by atoms with E-state index in [2.05, 4.69) is 10.4 Å². The Hall–Kier alpha value is -3.16. The monoisotopic (exact) mass is 361 g/mol. The predicted molar refractivity (Wildman–Crippen MR) is 89.6 cm³/mol. The van der Waals surface area contributed by atoms with Crippen molar-refractivity contribution in [3.63, 3.8) is 0 Å². The molecule has 0 aliphatic carbocycles. The molecule has 0 aliphatic heterocycles. The highest BCUT2D eigenvalue weighted by atomic mass is 19.4. The molecule has 1 heterocycles. The lowest BCUT2D eigenvalue weighted by Gasteiger charge is -2.10. The van der Waals surface area contributed by atoms with Crippen molar-refractivity contribution in [2.75, 3.05) is 0 Å². The summed E-state index contributed by atoms with van der Waals surface area (Å²) < 4.78 is 38.9. The number of nitrogens with one attached hydrogen (secondary N) is 1. The standard InChI is InChI=1S/C18H14F3N3O2/c1-24-17(26)14-5-3-2-4-13(14)15(23-24)10-22-16(25)11-6-8-12(9-7-11)18(19,20)21/h2-9H,10H2,1H3,(H,22,25). The molecular weight excluding hydrogens is 347 g/mol. The van der Waals surface area contributed by atoms with E-state index in [9.17, 15) is 22.8 Å². The van der Waals surface area contributed by atoms with Crippen molar-refractivity contribution >= 4 is 16.7 Å². The van der Waals surface area contributed by atoms with E-state index in [1.807, 2.05) is 0 Å². The van der Waals surface area contributed by atoms with Gasteiger partial charge in [0.25, 0.3) is 11.5 Å². The van der Waals surface area contributed by atoms with Gasteiger partial charge in [-0.1, -0.05) is 18.2 Å². The Kier molecular flexibility index (Phi) is 4.50. The topological polar surface area (TPSA) is 64.0 Å². The van der Waals surface area contributed by atoms with Gasteiger partial charge in [0.1, 0.15) is 0 Å². The zero-order chi connectivity index (χ0) is 18.9. The van der Waals surface area contributed by atoms with E-state index in [0.717, 1.165) is 24.3 Å². The van der Waals surface area contributed by atoms with E-state index in [1.165, 1.54) is 11.7 Å². The second kappa shape index (κ2) is 6.62. The first kappa shape index (κ1) is 17.7. The summed E-state index contributed by atoms with van der Waals surface area (Å²) in [4.78, 5) is 24.3. The van der Waals surface area contributed by atoms with Crippen LogP contribution in [0, 0.1) is 0 Å². The molecule has 3 rings (SSSR count). The number of amides is 1. The molecule has 0 unspecified atom stereocenters. The second-order valence-electron chi connectivity index (χ2n) is 5.68. The number of halogens is 3. The van der Waals surface area contributed by atoms with E-state index in [4.69, 9.17) is 0 Å². The van der Waals surface area contributed by atoms with Crippen LogP contribution in [0.3, 0.4) is 0 Å². The molecule has 134 valence electrons. The smallest absolute Gasteiger partial charge is 0.346 e. The number of aromatic nitrogens is 2. The van der Waals surface area contributed by atoms with Gasteiger partial charge in [0.15, 0.2) is 0 Å². The second-order valence-corrected chi connectivity index (χ2v) is 5.68.